The number of thiazole rings is 1. The summed E-state index contributed by atoms with van der Waals surface area (Å²) in [5.41, 5.74) is 1.52. The zero-order valence-corrected chi connectivity index (χ0v) is 24.0. The van der Waals surface area contributed by atoms with E-state index in [1.807, 2.05) is 19.9 Å². The lowest BCUT2D eigenvalue weighted by atomic mass is 9.95. The normalized spacial score (nSPS) is 16.3. The molecular formula is C31H30N2O7S. The van der Waals surface area contributed by atoms with Crippen LogP contribution in [0.3, 0.4) is 0 Å². The molecule has 2 heterocycles. The Bertz CT molecular complexity index is 1630. The molecule has 5 rings (SSSR count). The van der Waals surface area contributed by atoms with Crippen LogP contribution < -0.4 is 23.8 Å². The van der Waals surface area contributed by atoms with Crippen molar-refractivity contribution in [2.75, 3.05) is 32.3 Å². The molecule has 1 aliphatic heterocycles. The number of aliphatic hydroxyl groups is 1. The molecule has 1 aromatic heterocycles. The third kappa shape index (κ3) is 5.30. The number of hydrogen-bond donors (Lipinski definition) is 1. The first-order chi connectivity index (χ1) is 19.9. The number of benzene rings is 3. The minimum atomic E-state index is -0.974. The van der Waals surface area contributed by atoms with Gasteiger partial charge in [-0.05, 0) is 73.5 Å². The smallest absolute Gasteiger partial charge is 0.301 e. The van der Waals surface area contributed by atoms with Crippen molar-refractivity contribution in [1.29, 1.82) is 0 Å². The van der Waals surface area contributed by atoms with Crippen molar-refractivity contribution in [3.63, 3.8) is 0 Å². The van der Waals surface area contributed by atoms with Gasteiger partial charge >= 0.3 is 5.91 Å². The van der Waals surface area contributed by atoms with E-state index >= 15 is 0 Å². The number of aromatic nitrogens is 1. The average Bonchev–Trinajstić information content (AvgIpc) is 3.53. The maximum Gasteiger partial charge on any atom is 0.301 e. The van der Waals surface area contributed by atoms with Crippen molar-refractivity contribution in [3.8, 4) is 23.0 Å². The lowest BCUT2D eigenvalue weighted by molar-refractivity contribution is -0.132. The van der Waals surface area contributed by atoms with Crippen LogP contribution in [0.4, 0.5) is 5.13 Å². The number of carbonyl (C=O) groups is 2. The van der Waals surface area contributed by atoms with Gasteiger partial charge in [-0.25, -0.2) is 4.98 Å². The maximum absolute atomic E-state index is 13.6. The number of anilines is 1. The van der Waals surface area contributed by atoms with Crippen molar-refractivity contribution in [2.45, 2.75) is 26.3 Å². The highest BCUT2D eigenvalue weighted by Crippen LogP contribution is 2.46. The lowest BCUT2D eigenvalue weighted by Gasteiger charge is -2.24. The van der Waals surface area contributed by atoms with E-state index < -0.39 is 17.7 Å². The summed E-state index contributed by atoms with van der Waals surface area (Å²) in [4.78, 5) is 33.2. The molecule has 1 aliphatic rings. The zero-order valence-electron chi connectivity index (χ0n) is 23.2. The van der Waals surface area contributed by atoms with Gasteiger partial charge in [0, 0.05) is 5.56 Å². The minimum absolute atomic E-state index is 0.0553. The van der Waals surface area contributed by atoms with Gasteiger partial charge in [0.05, 0.1) is 49.3 Å². The van der Waals surface area contributed by atoms with E-state index in [0.717, 1.165) is 11.1 Å². The van der Waals surface area contributed by atoms with Crippen LogP contribution in [0.1, 0.15) is 37.4 Å². The van der Waals surface area contributed by atoms with Crippen LogP contribution in [0.15, 0.2) is 66.2 Å². The van der Waals surface area contributed by atoms with E-state index in [9.17, 15) is 14.7 Å². The molecule has 1 unspecified atom stereocenters. The van der Waals surface area contributed by atoms with E-state index in [-0.39, 0.29) is 11.3 Å². The molecule has 0 saturated carbocycles. The molecular weight excluding hydrogens is 544 g/mol. The van der Waals surface area contributed by atoms with Crippen LogP contribution in [0.5, 0.6) is 23.0 Å². The van der Waals surface area contributed by atoms with Crippen LogP contribution in [-0.2, 0) is 9.59 Å². The van der Waals surface area contributed by atoms with Gasteiger partial charge < -0.3 is 24.1 Å². The average molecular weight is 575 g/mol. The standard InChI is InChI=1S/C31H30N2O7S/c1-5-15-40-20-10-7-18(8-11-20)28(34)26-27(19-9-14-23(39-6-2)24(16-19)38-4)33(30(36)29(26)35)31-32-22-13-12-21(37-3)17-25(22)41-31/h7-14,16-17,27,34H,5-6,15H2,1-4H3. The Balaban J connectivity index is 1.67. The van der Waals surface area contributed by atoms with Gasteiger partial charge in [0.15, 0.2) is 16.6 Å². The predicted octanol–water partition coefficient (Wildman–Crippen LogP) is 6.13. The number of rotatable bonds is 10. The molecule has 1 N–H and O–H groups in total. The summed E-state index contributed by atoms with van der Waals surface area (Å²) in [6, 6.07) is 16.4. The number of ketones is 1. The van der Waals surface area contributed by atoms with Gasteiger partial charge in [0.1, 0.15) is 17.3 Å². The predicted molar refractivity (Wildman–Crippen MR) is 157 cm³/mol. The van der Waals surface area contributed by atoms with Gasteiger partial charge in [-0.15, -0.1) is 0 Å². The molecule has 41 heavy (non-hydrogen) atoms. The van der Waals surface area contributed by atoms with Gasteiger partial charge in [0.2, 0.25) is 0 Å². The topological polar surface area (TPSA) is 107 Å². The Morgan fingerprint density at radius 3 is 2.37 bits per heavy atom. The molecule has 10 heteroatoms. The van der Waals surface area contributed by atoms with E-state index in [1.165, 1.54) is 23.3 Å². The highest BCUT2D eigenvalue weighted by Gasteiger charge is 2.48. The fourth-order valence-corrected chi connectivity index (χ4v) is 5.70. The molecule has 212 valence electrons. The van der Waals surface area contributed by atoms with E-state index in [4.69, 9.17) is 18.9 Å². The Labute approximate surface area is 241 Å². The third-order valence-corrected chi connectivity index (χ3v) is 7.66. The monoisotopic (exact) mass is 574 g/mol. The number of aliphatic hydroxyl groups excluding tert-OH is 1. The maximum atomic E-state index is 13.6. The van der Waals surface area contributed by atoms with Crippen LogP contribution in [-0.4, -0.2) is 49.2 Å². The first kappa shape index (κ1) is 28.0. The summed E-state index contributed by atoms with van der Waals surface area (Å²) in [5, 5.41) is 11.8. The van der Waals surface area contributed by atoms with Crippen LogP contribution >= 0.6 is 11.3 Å². The second-order valence-corrected chi connectivity index (χ2v) is 10.2. The molecule has 1 saturated heterocycles. The number of fused-ring (bicyclic) bond motifs is 1. The molecule has 3 aromatic carbocycles. The highest BCUT2D eigenvalue weighted by atomic mass is 32.1. The van der Waals surface area contributed by atoms with Crippen LogP contribution in [0.2, 0.25) is 0 Å². The van der Waals surface area contributed by atoms with E-state index in [0.29, 0.717) is 58.0 Å². The summed E-state index contributed by atoms with van der Waals surface area (Å²) in [6.07, 6.45) is 0.856. The van der Waals surface area contributed by atoms with Crippen molar-refractivity contribution in [1.82, 2.24) is 4.98 Å². The Morgan fingerprint density at radius 1 is 0.927 bits per heavy atom. The second kappa shape index (κ2) is 11.9. The van der Waals surface area contributed by atoms with Crippen LogP contribution in [0.25, 0.3) is 16.0 Å². The van der Waals surface area contributed by atoms with Crippen molar-refractivity contribution in [3.05, 3.63) is 77.4 Å². The molecule has 1 amide bonds. The summed E-state index contributed by atoms with van der Waals surface area (Å²) in [7, 11) is 3.09. The first-order valence-electron chi connectivity index (χ1n) is 13.2. The number of nitrogens with zero attached hydrogens (tertiary/aromatic N) is 2. The molecule has 0 aliphatic carbocycles. The SMILES string of the molecule is CCCOc1ccc(C(O)=C2C(=O)C(=O)N(c3nc4ccc(OC)cc4s3)C2c2ccc(OCC)c(OC)c2)cc1. The summed E-state index contributed by atoms with van der Waals surface area (Å²) in [6.45, 7) is 4.87. The van der Waals surface area contributed by atoms with E-state index in [1.54, 1.807) is 61.7 Å². The van der Waals surface area contributed by atoms with Crippen molar-refractivity contribution >= 4 is 44.1 Å². The van der Waals surface area contributed by atoms with E-state index in [2.05, 4.69) is 4.98 Å². The fourth-order valence-electron chi connectivity index (χ4n) is 4.68. The summed E-state index contributed by atoms with van der Waals surface area (Å²) in [5.74, 6) is 0.331. The van der Waals surface area contributed by atoms with Gasteiger partial charge in [-0.2, -0.15) is 0 Å². The van der Waals surface area contributed by atoms with Gasteiger partial charge in [-0.3, -0.25) is 14.5 Å². The Morgan fingerprint density at radius 2 is 1.68 bits per heavy atom. The lowest BCUT2D eigenvalue weighted by Crippen LogP contribution is -2.29. The number of hydrogen-bond acceptors (Lipinski definition) is 9. The third-order valence-electron chi connectivity index (χ3n) is 6.64. The molecule has 1 fully saturated rings. The number of ether oxygens (including phenoxy) is 4. The van der Waals surface area contributed by atoms with Crippen molar-refractivity contribution in [2.24, 2.45) is 0 Å². The first-order valence-corrected chi connectivity index (χ1v) is 14.0. The second-order valence-electron chi connectivity index (χ2n) is 9.22. The molecule has 1 atom stereocenters. The highest BCUT2D eigenvalue weighted by molar-refractivity contribution is 7.22. The largest absolute Gasteiger partial charge is 0.507 e. The van der Waals surface area contributed by atoms with Crippen LogP contribution in [0, 0.1) is 0 Å². The number of methoxy groups -OCH3 is 2. The zero-order chi connectivity index (χ0) is 29.1. The molecule has 9 nitrogen and oxygen atoms in total. The van der Waals surface area contributed by atoms with Gasteiger partial charge in [-0.1, -0.05) is 24.3 Å². The molecule has 0 radical (unpaired) electrons. The van der Waals surface area contributed by atoms with Crippen molar-refractivity contribution < 1.29 is 33.6 Å². The number of Topliss-reactive ketones (excluding diaryl/α,β-unsaturated/α-hetero) is 1. The van der Waals surface area contributed by atoms with Gasteiger partial charge in [0.25, 0.3) is 5.78 Å². The molecule has 0 spiro atoms. The number of carbonyl (C=O) groups excluding carboxylic acids is 2. The number of amides is 1. The molecule has 4 aromatic rings. The fraction of sp³-hybridized carbons (Fsp3) is 0.258. The minimum Gasteiger partial charge on any atom is -0.507 e. The quantitative estimate of drug-likeness (QED) is 0.137. The Kier molecular flexibility index (Phi) is 8.11. The Hall–Kier alpha value is -4.57. The summed E-state index contributed by atoms with van der Waals surface area (Å²) < 4.78 is 23.0. The summed E-state index contributed by atoms with van der Waals surface area (Å²) >= 11 is 1.25. The molecule has 0 bridgehead atoms.